The normalized spacial score (nSPS) is 11.1. The number of nitrogens with zero attached hydrogens (tertiary/aromatic N) is 2. The average molecular weight is 322 g/mol. The molecule has 0 unspecified atom stereocenters. The summed E-state index contributed by atoms with van der Waals surface area (Å²) in [6, 6.07) is 16.0. The lowest BCUT2D eigenvalue weighted by Crippen LogP contribution is -2.28. The molecular formula is C19H18N2O3. The van der Waals surface area contributed by atoms with Gasteiger partial charge < -0.3 is 10.0 Å². The molecule has 5 heteroatoms. The first kappa shape index (κ1) is 16.0. The number of pyridine rings is 1. The van der Waals surface area contributed by atoms with Crippen molar-refractivity contribution in [1.29, 1.82) is 0 Å². The number of rotatable bonds is 4. The Morgan fingerprint density at radius 1 is 1.00 bits per heavy atom. The number of aromatic nitrogens is 1. The van der Waals surface area contributed by atoms with Crippen LogP contribution < -0.4 is 5.56 Å². The van der Waals surface area contributed by atoms with Crippen molar-refractivity contribution in [3.63, 3.8) is 0 Å². The van der Waals surface area contributed by atoms with Gasteiger partial charge in [-0.25, -0.2) is 4.79 Å². The minimum atomic E-state index is -1.03. The van der Waals surface area contributed by atoms with Crippen molar-refractivity contribution >= 4 is 16.7 Å². The highest BCUT2D eigenvalue weighted by Crippen LogP contribution is 2.23. The van der Waals surface area contributed by atoms with Crippen molar-refractivity contribution in [3.8, 4) is 5.69 Å². The fourth-order valence-corrected chi connectivity index (χ4v) is 2.94. The predicted molar refractivity (Wildman–Crippen MR) is 93.9 cm³/mol. The second kappa shape index (κ2) is 6.29. The lowest BCUT2D eigenvalue weighted by molar-refractivity contribution is 0.0696. The minimum Gasteiger partial charge on any atom is -0.478 e. The molecule has 0 radical (unpaired) electrons. The van der Waals surface area contributed by atoms with E-state index in [0.29, 0.717) is 28.7 Å². The maximum absolute atomic E-state index is 13.1. The van der Waals surface area contributed by atoms with E-state index in [-0.39, 0.29) is 11.1 Å². The first-order chi connectivity index (χ1) is 11.5. The highest BCUT2D eigenvalue weighted by Gasteiger charge is 2.22. The number of hydrogen-bond acceptors (Lipinski definition) is 3. The van der Waals surface area contributed by atoms with Gasteiger partial charge in [0.05, 0.1) is 11.3 Å². The van der Waals surface area contributed by atoms with E-state index >= 15 is 0 Å². The molecule has 0 aliphatic rings. The lowest BCUT2D eigenvalue weighted by atomic mass is 10.0. The van der Waals surface area contributed by atoms with E-state index in [1.807, 2.05) is 37.2 Å². The predicted octanol–water partition coefficient (Wildman–Crippen LogP) is 2.75. The van der Waals surface area contributed by atoms with E-state index in [0.717, 1.165) is 0 Å². The van der Waals surface area contributed by atoms with Crippen molar-refractivity contribution in [3.05, 3.63) is 76.2 Å². The average Bonchev–Trinajstić information content (AvgIpc) is 2.55. The second-order valence-electron chi connectivity index (χ2n) is 5.89. The van der Waals surface area contributed by atoms with Crippen molar-refractivity contribution in [2.24, 2.45) is 0 Å². The van der Waals surface area contributed by atoms with Crippen LogP contribution in [0.1, 0.15) is 16.1 Å². The molecule has 0 saturated heterocycles. The summed E-state index contributed by atoms with van der Waals surface area (Å²) in [7, 11) is 3.70. The Labute approximate surface area is 139 Å². The third kappa shape index (κ3) is 2.70. The summed E-state index contributed by atoms with van der Waals surface area (Å²) < 4.78 is 1.51. The number of fused-ring (bicyclic) bond motifs is 1. The minimum absolute atomic E-state index is 0.169. The van der Waals surface area contributed by atoms with E-state index in [1.54, 1.807) is 36.4 Å². The van der Waals surface area contributed by atoms with Gasteiger partial charge in [-0.3, -0.25) is 9.36 Å². The molecule has 0 fully saturated rings. The van der Waals surface area contributed by atoms with E-state index in [4.69, 9.17) is 0 Å². The summed E-state index contributed by atoms with van der Waals surface area (Å²) in [5.74, 6) is -1.03. The molecule has 0 aliphatic carbocycles. The monoisotopic (exact) mass is 322 g/mol. The van der Waals surface area contributed by atoms with Crippen LogP contribution in [0.5, 0.6) is 0 Å². The summed E-state index contributed by atoms with van der Waals surface area (Å²) >= 11 is 0. The van der Waals surface area contributed by atoms with Crippen LogP contribution in [-0.2, 0) is 6.54 Å². The third-order valence-electron chi connectivity index (χ3n) is 3.88. The summed E-state index contributed by atoms with van der Waals surface area (Å²) in [4.78, 5) is 26.9. The number of para-hydroxylation sites is 1. The van der Waals surface area contributed by atoms with Crippen LogP contribution in [0.3, 0.4) is 0 Å². The Hall–Kier alpha value is -2.92. The van der Waals surface area contributed by atoms with Crippen LogP contribution in [0, 0.1) is 0 Å². The van der Waals surface area contributed by atoms with Crippen LogP contribution in [-0.4, -0.2) is 34.6 Å². The fraction of sp³-hybridized carbons (Fsp3) is 0.158. The second-order valence-corrected chi connectivity index (χ2v) is 5.89. The summed E-state index contributed by atoms with van der Waals surface area (Å²) in [6.45, 7) is 0.344. The molecule has 3 aromatic rings. The molecule has 122 valence electrons. The molecular weight excluding hydrogens is 304 g/mol. The number of carbonyl (C=O) groups is 1. The largest absolute Gasteiger partial charge is 0.478 e. The van der Waals surface area contributed by atoms with E-state index in [1.165, 1.54) is 4.57 Å². The number of hydrogen-bond donors (Lipinski definition) is 1. The van der Waals surface area contributed by atoms with Crippen molar-refractivity contribution in [2.45, 2.75) is 6.54 Å². The van der Waals surface area contributed by atoms with E-state index in [2.05, 4.69) is 0 Å². The zero-order valence-corrected chi connectivity index (χ0v) is 13.6. The van der Waals surface area contributed by atoms with Crippen molar-refractivity contribution in [2.75, 3.05) is 14.1 Å². The van der Waals surface area contributed by atoms with Gasteiger partial charge in [-0.2, -0.15) is 0 Å². The maximum Gasteiger partial charge on any atom is 0.338 e. The van der Waals surface area contributed by atoms with Gasteiger partial charge in [0, 0.05) is 23.0 Å². The van der Waals surface area contributed by atoms with Gasteiger partial charge in [0.25, 0.3) is 5.56 Å². The SMILES string of the molecule is CN(C)Cc1c(C(=O)O)c2ccccc2c(=O)n1-c1ccccc1. The molecule has 0 bridgehead atoms. The molecule has 3 rings (SSSR count). The topological polar surface area (TPSA) is 62.5 Å². The fourth-order valence-electron chi connectivity index (χ4n) is 2.94. The molecule has 0 amide bonds. The Morgan fingerprint density at radius 2 is 1.58 bits per heavy atom. The maximum atomic E-state index is 13.1. The molecule has 24 heavy (non-hydrogen) atoms. The zero-order valence-electron chi connectivity index (χ0n) is 13.6. The van der Waals surface area contributed by atoms with Gasteiger partial charge in [0.15, 0.2) is 0 Å². The van der Waals surface area contributed by atoms with Gasteiger partial charge in [-0.1, -0.05) is 36.4 Å². The molecule has 1 aromatic heterocycles. The number of carboxylic acids is 1. The Bertz CT molecular complexity index is 960. The number of aromatic carboxylic acids is 1. The smallest absolute Gasteiger partial charge is 0.338 e. The van der Waals surface area contributed by atoms with Gasteiger partial charge >= 0.3 is 5.97 Å². The van der Waals surface area contributed by atoms with Crippen LogP contribution in [0.15, 0.2) is 59.4 Å². The highest BCUT2D eigenvalue weighted by molar-refractivity contribution is 6.04. The molecule has 0 spiro atoms. The van der Waals surface area contributed by atoms with Crippen LogP contribution in [0.4, 0.5) is 0 Å². The van der Waals surface area contributed by atoms with E-state index in [9.17, 15) is 14.7 Å². The lowest BCUT2D eigenvalue weighted by Gasteiger charge is -2.20. The summed E-state index contributed by atoms with van der Waals surface area (Å²) in [5, 5.41) is 10.7. The first-order valence-corrected chi connectivity index (χ1v) is 7.60. The molecule has 0 saturated carbocycles. The first-order valence-electron chi connectivity index (χ1n) is 7.60. The Balaban J connectivity index is 2.51. The van der Waals surface area contributed by atoms with Crippen molar-refractivity contribution in [1.82, 2.24) is 9.47 Å². The number of benzene rings is 2. The van der Waals surface area contributed by atoms with E-state index < -0.39 is 5.97 Å². The summed E-state index contributed by atoms with van der Waals surface area (Å²) in [6.07, 6.45) is 0. The van der Waals surface area contributed by atoms with Gasteiger partial charge in [0.1, 0.15) is 0 Å². The molecule has 1 N–H and O–H groups in total. The molecule has 2 aromatic carbocycles. The third-order valence-corrected chi connectivity index (χ3v) is 3.88. The van der Waals surface area contributed by atoms with Crippen LogP contribution >= 0.6 is 0 Å². The van der Waals surface area contributed by atoms with Gasteiger partial charge in [0.2, 0.25) is 0 Å². The molecule has 5 nitrogen and oxygen atoms in total. The van der Waals surface area contributed by atoms with Crippen LogP contribution in [0.25, 0.3) is 16.5 Å². The Morgan fingerprint density at radius 3 is 2.17 bits per heavy atom. The van der Waals surface area contributed by atoms with Gasteiger partial charge in [-0.05, 0) is 32.3 Å². The zero-order chi connectivity index (χ0) is 17.3. The van der Waals surface area contributed by atoms with Crippen LogP contribution in [0.2, 0.25) is 0 Å². The molecule has 1 heterocycles. The van der Waals surface area contributed by atoms with Gasteiger partial charge in [-0.15, -0.1) is 0 Å². The number of carboxylic acid groups (broad SMARTS) is 1. The quantitative estimate of drug-likeness (QED) is 0.802. The molecule has 0 aliphatic heterocycles. The van der Waals surface area contributed by atoms with Crippen molar-refractivity contribution < 1.29 is 9.90 Å². The Kier molecular flexibility index (Phi) is 4.18. The molecule has 0 atom stereocenters. The summed E-state index contributed by atoms with van der Waals surface area (Å²) in [5.41, 5.74) is 1.09. The standard InChI is InChI=1S/C19H18N2O3/c1-20(2)12-16-17(19(23)24)14-10-6-7-11-15(14)18(22)21(16)13-8-4-3-5-9-13/h3-11H,12H2,1-2H3,(H,23,24). The highest BCUT2D eigenvalue weighted by atomic mass is 16.4.